The molecule has 56 heavy (non-hydrogen) atoms. The van der Waals surface area contributed by atoms with E-state index in [4.69, 9.17) is 16.3 Å². The molecular weight excluding hydrogens is 831 g/mol. The van der Waals surface area contributed by atoms with Crippen LogP contribution < -0.4 is 24.0 Å². The topological polar surface area (TPSA) is 66.8 Å². The lowest BCUT2D eigenvalue weighted by atomic mass is 9.70. The molecule has 1 aliphatic rings. The zero-order valence-electron chi connectivity index (χ0n) is 35.0. The molecule has 0 spiro atoms. The normalized spacial score (nSPS) is 18.6. The van der Waals surface area contributed by atoms with Gasteiger partial charge in [-0.15, -0.1) is 0 Å². The SMILES string of the molecule is CCCCCCCCCCCCCCC(C)(C)C(=O)OC[N+]1(CCC(C(=O)N(C)C)(c2ccccc2)c2ccccc2)CCC(O)(c2ccc(Cl)cc2)CC1.[I-]. The average molecular weight is 901 g/mol. The lowest BCUT2D eigenvalue weighted by Gasteiger charge is -2.48. The Balaban J connectivity index is 0.00000841. The predicted octanol–water partition coefficient (Wildman–Crippen LogP) is 8.22. The summed E-state index contributed by atoms with van der Waals surface area (Å²) in [5.74, 6) is -0.161. The highest BCUT2D eigenvalue weighted by Crippen LogP contribution is 2.41. The Labute approximate surface area is 361 Å². The maximum atomic E-state index is 14.5. The lowest BCUT2D eigenvalue weighted by molar-refractivity contribution is -0.950. The number of unbranched alkanes of at least 4 members (excludes halogenated alkanes) is 11. The van der Waals surface area contributed by atoms with Gasteiger partial charge in [-0.3, -0.25) is 14.1 Å². The van der Waals surface area contributed by atoms with Crippen LogP contribution in [0.5, 0.6) is 0 Å². The Bertz CT molecular complexity index is 1530. The summed E-state index contributed by atoms with van der Waals surface area (Å²) in [5.41, 5.74) is 0.169. The highest BCUT2D eigenvalue weighted by molar-refractivity contribution is 6.30. The molecule has 3 aromatic rings. The summed E-state index contributed by atoms with van der Waals surface area (Å²) in [5, 5.41) is 12.6. The van der Waals surface area contributed by atoms with Crippen molar-refractivity contribution in [3.8, 4) is 0 Å². The van der Waals surface area contributed by atoms with Gasteiger partial charge in [0.05, 0.1) is 25.0 Å². The van der Waals surface area contributed by atoms with E-state index in [0.29, 0.717) is 48.4 Å². The Morgan fingerprint density at radius 3 is 1.66 bits per heavy atom. The zero-order valence-corrected chi connectivity index (χ0v) is 38.0. The molecule has 0 saturated carbocycles. The van der Waals surface area contributed by atoms with Gasteiger partial charge >= 0.3 is 5.97 Å². The van der Waals surface area contributed by atoms with Crippen LogP contribution in [0.15, 0.2) is 84.9 Å². The number of carbonyl (C=O) groups is 2. The second-order valence-corrected chi connectivity index (χ2v) is 17.7. The number of hydrogen-bond acceptors (Lipinski definition) is 4. The summed E-state index contributed by atoms with van der Waals surface area (Å²) in [6.07, 6.45) is 17.7. The molecule has 0 aromatic heterocycles. The number of esters is 1. The number of halogens is 2. The number of likely N-dealkylation sites (tertiary alicyclic amines) is 1. The number of carbonyl (C=O) groups excluding carboxylic acids is 2. The molecule has 8 heteroatoms. The van der Waals surface area contributed by atoms with Crippen LogP contribution >= 0.6 is 11.6 Å². The molecule has 1 aliphatic heterocycles. The molecule has 310 valence electrons. The van der Waals surface area contributed by atoms with E-state index in [2.05, 4.69) is 6.92 Å². The smallest absolute Gasteiger partial charge is 0.315 e. The number of hydrogen-bond donors (Lipinski definition) is 1. The molecule has 0 bridgehead atoms. The van der Waals surface area contributed by atoms with Crippen molar-refractivity contribution < 1.29 is 47.9 Å². The van der Waals surface area contributed by atoms with Crippen molar-refractivity contribution in [1.29, 1.82) is 0 Å². The fourth-order valence-corrected chi connectivity index (χ4v) is 8.62. The van der Waals surface area contributed by atoms with Crippen LogP contribution in [0.1, 0.15) is 140 Å². The van der Waals surface area contributed by atoms with Crippen molar-refractivity contribution in [3.63, 3.8) is 0 Å². The van der Waals surface area contributed by atoms with Crippen molar-refractivity contribution in [1.82, 2.24) is 4.90 Å². The molecule has 0 radical (unpaired) electrons. The second-order valence-electron chi connectivity index (χ2n) is 17.2. The van der Waals surface area contributed by atoms with Crippen LogP contribution in [0, 0.1) is 5.41 Å². The summed E-state index contributed by atoms with van der Waals surface area (Å²) in [4.78, 5) is 30.0. The summed E-state index contributed by atoms with van der Waals surface area (Å²) < 4.78 is 6.79. The van der Waals surface area contributed by atoms with Gasteiger partial charge in [0.15, 0.2) is 0 Å². The summed E-state index contributed by atoms with van der Waals surface area (Å²) in [6.45, 7) is 8.28. The molecule has 4 rings (SSSR count). The number of likely N-dealkylation sites (N-methyl/N-ethyl adjacent to an activating group) is 1. The number of benzene rings is 3. The van der Waals surface area contributed by atoms with Gasteiger partial charge in [0.25, 0.3) is 0 Å². The van der Waals surface area contributed by atoms with Gasteiger partial charge in [-0.1, -0.05) is 168 Å². The number of piperidine rings is 1. The minimum absolute atomic E-state index is 0. The third-order valence-corrected chi connectivity index (χ3v) is 12.6. The van der Waals surface area contributed by atoms with E-state index in [1.807, 2.05) is 113 Å². The molecule has 1 N–H and O–H groups in total. The lowest BCUT2D eigenvalue weighted by Crippen LogP contribution is -3.00. The van der Waals surface area contributed by atoms with Crippen LogP contribution in [0.4, 0.5) is 0 Å². The van der Waals surface area contributed by atoms with Gasteiger partial charge in [0.2, 0.25) is 12.6 Å². The number of nitrogens with zero attached hydrogens (tertiary/aromatic N) is 2. The fraction of sp³-hybridized carbons (Fsp3) is 0.583. The Hall–Kier alpha value is -2.46. The van der Waals surface area contributed by atoms with E-state index in [-0.39, 0.29) is 42.6 Å². The highest BCUT2D eigenvalue weighted by Gasteiger charge is 2.49. The number of aliphatic hydroxyl groups is 1. The minimum atomic E-state index is -1.01. The van der Waals surface area contributed by atoms with Crippen molar-refractivity contribution in [3.05, 3.63) is 107 Å². The molecule has 3 aromatic carbocycles. The molecule has 0 aliphatic carbocycles. The zero-order chi connectivity index (χ0) is 39.8. The molecule has 1 fully saturated rings. The summed E-state index contributed by atoms with van der Waals surface area (Å²) >= 11 is 6.20. The summed E-state index contributed by atoms with van der Waals surface area (Å²) in [6, 6.07) is 27.6. The first-order chi connectivity index (χ1) is 26.4. The van der Waals surface area contributed by atoms with Gasteiger partial charge in [0, 0.05) is 38.4 Å². The van der Waals surface area contributed by atoms with Crippen LogP contribution in [-0.4, -0.2) is 66.8 Å². The van der Waals surface area contributed by atoms with Crippen LogP contribution in [-0.2, 0) is 25.3 Å². The fourth-order valence-electron chi connectivity index (χ4n) is 8.49. The largest absolute Gasteiger partial charge is 1.00 e. The van der Waals surface area contributed by atoms with E-state index < -0.39 is 16.4 Å². The van der Waals surface area contributed by atoms with Gasteiger partial charge in [-0.25, -0.2) is 0 Å². The standard InChI is InChI=1S/C48H70ClN2O4.HI/c1-6-7-8-9-10-11-12-13-14-15-16-23-32-46(2,3)45(53)55-39-51(36-33-47(54,34-37-51)40-28-30-43(49)31-29-40)38-35-48(44(52)50(4)5,41-24-19-17-20-25-41)42-26-21-18-22-27-42;/h17-22,24-31,54H,6-16,23,32-39H2,1-5H3;1H/q+1;/p-1. The van der Waals surface area contributed by atoms with E-state index in [1.165, 1.54) is 64.2 Å². The number of rotatable bonds is 23. The van der Waals surface area contributed by atoms with Gasteiger partial charge in [0.1, 0.15) is 11.0 Å². The van der Waals surface area contributed by atoms with Crippen molar-refractivity contribution >= 4 is 23.5 Å². The highest BCUT2D eigenvalue weighted by atomic mass is 127. The number of quaternary nitrogens is 1. The van der Waals surface area contributed by atoms with Gasteiger partial charge < -0.3 is 38.7 Å². The number of ether oxygens (including phenoxy) is 1. The van der Waals surface area contributed by atoms with Gasteiger partial charge in [-0.2, -0.15) is 0 Å². The third-order valence-electron chi connectivity index (χ3n) is 12.3. The van der Waals surface area contributed by atoms with E-state index in [9.17, 15) is 14.7 Å². The number of amides is 1. The average Bonchev–Trinajstić information content (AvgIpc) is 3.19. The van der Waals surface area contributed by atoms with Crippen LogP contribution in [0.3, 0.4) is 0 Å². The second kappa shape index (κ2) is 23.2. The molecule has 0 unspecified atom stereocenters. The predicted molar refractivity (Wildman–Crippen MR) is 227 cm³/mol. The Morgan fingerprint density at radius 2 is 1.20 bits per heavy atom. The molecule has 1 saturated heterocycles. The van der Waals surface area contributed by atoms with E-state index in [0.717, 1.165) is 36.0 Å². The first-order valence-electron chi connectivity index (χ1n) is 21.2. The minimum Gasteiger partial charge on any atom is -1.00 e. The monoisotopic (exact) mass is 900 g/mol. The maximum Gasteiger partial charge on any atom is 0.315 e. The quantitative estimate of drug-likeness (QED) is 0.0451. The van der Waals surface area contributed by atoms with Crippen LogP contribution in [0.2, 0.25) is 5.02 Å². The first-order valence-corrected chi connectivity index (χ1v) is 21.6. The van der Waals surface area contributed by atoms with E-state index in [1.54, 1.807) is 4.90 Å². The molecular formula is C48H70ClIN2O4. The van der Waals surface area contributed by atoms with E-state index >= 15 is 0 Å². The van der Waals surface area contributed by atoms with Crippen molar-refractivity contribution in [2.45, 2.75) is 135 Å². The van der Waals surface area contributed by atoms with Gasteiger partial charge in [-0.05, 0) is 49.1 Å². The first kappa shape index (κ1) is 47.9. The van der Waals surface area contributed by atoms with Crippen molar-refractivity contribution in [2.24, 2.45) is 5.41 Å². The maximum absolute atomic E-state index is 14.5. The van der Waals surface area contributed by atoms with Crippen LogP contribution in [0.25, 0.3) is 0 Å². The van der Waals surface area contributed by atoms with Crippen molar-refractivity contribution in [2.75, 3.05) is 40.5 Å². The Morgan fingerprint density at radius 1 is 0.732 bits per heavy atom. The molecule has 1 amide bonds. The summed E-state index contributed by atoms with van der Waals surface area (Å²) in [7, 11) is 3.64. The Kier molecular flexibility index (Phi) is 19.9. The molecule has 0 atom stereocenters. The molecule has 6 nitrogen and oxygen atoms in total. The third kappa shape index (κ3) is 13.3. The molecule has 1 heterocycles.